The number of rotatable bonds is 9. The van der Waals surface area contributed by atoms with Crippen LogP contribution in [0.1, 0.15) is 11.1 Å². The van der Waals surface area contributed by atoms with E-state index in [1.54, 1.807) is 23.9 Å². The Bertz CT molecular complexity index is 695. The van der Waals surface area contributed by atoms with Gasteiger partial charge in [0.1, 0.15) is 5.82 Å². The highest BCUT2D eigenvalue weighted by molar-refractivity contribution is 7.99. The van der Waals surface area contributed by atoms with Crippen LogP contribution in [0, 0.1) is 5.82 Å². The van der Waals surface area contributed by atoms with Crippen LogP contribution in [0.15, 0.2) is 42.5 Å². The summed E-state index contributed by atoms with van der Waals surface area (Å²) < 4.78 is 13.6. The van der Waals surface area contributed by atoms with Crippen molar-refractivity contribution in [3.8, 4) is 0 Å². The summed E-state index contributed by atoms with van der Waals surface area (Å²) in [6.45, 7) is 0.549. The molecule has 7 heteroatoms. The van der Waals surface area contributed by atoms with Crippen molar-refractivity contribution in [3.63, 3.8) is 0 Å². The standard InChI is InChI=1S/C18H18Cl2FNOS2/c19-14-4-1-3-13(9-14)10-25-12-18(23)22-7-8-24-11-15-16(20)5-2-6-17(15)21/h1-6,9H,7-8,10-12H2,(H,22,23). The van der Waals surface area contributed by atoms with Crippen molar-refractivity contribution in [2.75, 3.05) is 18.1 Å². The van der Waals surface area contributed by atoms with Crippen molar-refractivity contribution >= 4 is 52.6 Å². The lowest BCUT2D eigenvalue weighted by molar-refractivity contribution is -0.118. The predicted octanol–water partition coefficient (Wildman–Crippen LogP) is 5.42. The number of carbonyl (C=O) groups is 1. The molecule has 0 fully saturated rings. The second-order valence-electron chi connectivity index (χ2n) is 5.23. The summed E-state index contributed by atoms with van der Waals surface area (Å²) in [6.07, 6.45) is 0. The van der Waals surface area contributed by atoms with E-state index in [9.17, 15) is 9.18 Å². The van der Waals surface area contributed by atoms with E-state index in [4.69, 9.17) is 23.2 Å². The molecule has 0 aliphatic rings. The smallest absolute Gasteiger partial charge is 0.230 e. The number of amides is 1. The second-order valence-corrected chi connectivity index (χ2v) is 8.16. The first-order chi connectivity index (χ1) is 12.1. The Hall–Kier alpha value is -0.880. The number of hydrogen-bond donors (Lipinski definition) is 1. The molecule has 25 heavy (non-hydrogen) atoms. The van der Waals surface area contributed by atoms with Crippen molar-refractivity contribution in [1.82, 2.24) is 5.32 Å². The van der Waals surface area contributed by atoms with E-state index in [1.807, 2.05) is 24.3 Å². The molecular formula is C18H18Cl2FNOS2. The number of hydrogen-bond acceptors (Lipinski definition) is 3. The molecule has 134 valence electrons. The van der Waals surface area contributed by atoms with Gasteiger partial charge in [0.25, 0.3) is 0 Å². The van der Waals surface area contributed by atoms with Crippen molar-refractivity contribution in [1.29, 1.82) is 0 Å². The number of benzene rings is 2. The molecule has 0 unspecified atom stereocenters. The van der Waals surface area contributed by atoms with Crippen LogP contribution in [0.5, 0.6) is 0 Å². The van der Waals surface area contributed by atoms with Gasteiger partial charge in [-0.1, -0.05) is 41.4 Å². The fraction of sp³-hybridized carbons (Fsp3) is 0.278. The quantitative estimate of drug-likeness (QED) is 0.552. The molecule has 0 aromatic heterocycles. The Morgan fingerprint density at radius 1 is 1.08 bits per heavy atom. The van der Waals surface area contributed by atoms with Gasteiger partial charge in [0.05, 0.1) is 5.75 Å². The van der Waals surface area contributed by atoms with Gasteiger partial charge in [-0.25, -0.2) is 4.39 Å². The maximum Gasteiger partial charge on any atom is 0.230 e. The van der Waals surface area contributed by atoms with Crippen LogP contribution in [0.2, 0.25) is 10.0 Å². The van der Waals surface area contributed by atoms with Gasteiger partial charge in [0, 0.05) is 39.4 Å². The molecule has 0 saturated carbocycles. The van der Waals surface area contributed by atoms with Gasteiger partial charge >= 0.3 is 0 Å². The van der Waals surface area contributed by atoms with Crippen LogP contribution in [0.25, 0.3) is 0 Å². The summed E-state index contributed by atoms with van der Waals surface area (Å²) in [6, 6.07) is 12.3. The summed E-state index contributed by atoms with van der Waals surface area (Å²) in [7, 11) is 0. The van der Waals surface area contributed by atoms with Gasteiger partial charge in [-0.05, 0) is 29.8 Å². The molecule has 0 bridgehead atoms. The van der Waals surface area contributed by atoms with Gasteiger partial charge in [-0.3, -0.25) is 4.79 Å². The predicted molar refractivity (Wildman–Crippen MR) is 108 cm³/mol. The monoisotopic (exact) mass is 417 g/mol. The van der Waals surface area contributed by atoms with Gasteiger partial charge in [0.2, 0.25) is 5.91 Å². The zero-order valence-corrected chi connectivity index (χ0v) is 16.6. The normalized spacial score (nSPS) is 10.7. The minimum Gasteiger partial charge on any atom is -0.355 e. The number of nitrogens with one attached hydrogen (secondary N) is 1. The molecule has 0 aliphatic carbocycles. The summed E-state index contributed by atoms with van der Waals surface area (Å²) in [5.74, 6) is 2.04. The van der Waals surface area contributed by atoms with Crippen molar-refractivity contribution < 1.29 is 9.18 Å². The molecule has 0 saturated heterocycles. The van der Waals surface area contributed by atoms with Crippen LogP contribution in [-0.2, 0) is 16.3 Å². The summed E-state index contributed by atoms with van der Waals surface area (Å²) in [5, 5.41) is 4.00. The van der Waals surface area contributed by atoms with E-state index in [2.05, 4.69) is 5.32 Å². The molecule has 2 rings (SSSR count). The van der Waals surface area contributed by atoms with Gasteiger partial charge in [-0.15, -0.1) is 11.8 Å². The highest BCUT2D eigenvalue weighted by atomic mass is 35.5. The maximum absolute atomic E-state index is 13.6. The SMILES string of the molecule is O=C(CSCc1cccc(Cl)c1)NCCSCc1c(F)cccc1Cl. The van der Waals surface area contributed by atoms with Crippen LogP contribution in [0.4, 0.5) is 4.39 Å². The lowest BCUT2D eigenvalue weighted by Gasteiger charge is -2.07. The van der Waals surface area contributed by atoms with Crippen molar-refractivity contribution in [2.45, 2.75) is 11.5 Å². The molecule has 0 aliphatic heterocycles. The Morgan fingerprint density at radius 3 is 2.64 bits per heavy atom. The van der Waals surface area contributed by atoms with Gasteiger partial charge < -0.3 is 5.32 Å². The molecule has 2 aromatic carbocycles. The number of carbonyl (C=O) groups excluding carboxylic acids is 1. The molecule has 0 heterocycles. The number of halogens is 3. The average Bonchev–Trinajstić information content (AvgIpc) is 2.57. The molecule has 1 amide bonds. The summed E-state index contributed by atoms with van der Waals surface area (Å²) in [5.41, 5.74) is 1.61. The van der Waals surface area contributed by atoms with E-state index in [0.717, 1.165) is 11.3 Å². The highest BCUT2D eigenvalue weighted by Crippen LogP contribution is 2.23. The zero-order chi connectivity index (χ0) is 18.1. The van der Waals surface area contributed by atoms with E-state index in [1.165, 1.54) is 17.8 Å². The molecule has 0 radical (unpaired) electrons. The van der Waals surface area contributed by atoms with Crippen molar-refractivity contribution in [2.24, 2.45) is 0 Å². The molecule has 2 aromatic rings. The Kier molecular flexibility index (Phi) is 8.96. The number of thioether (sulfide) groups is 2. The molecule has 1 N–H and O–H groups in total. The van der Waals surface area contributed by atoms with Gasteiger partial charge in [0.15, 0.2) is 0 Å². The Labute approximate surface area is 165 Å². The third kappa shape index (κ3) is 7.48. The third-order valence-corrected chi connectivity index (χ3v) is 5.85. The minimum absolute atomic E-state index is 0.00319. The van der Waals surface area contributed by atoms with E-state index in [0.29, 0.717) is 39.4 Å². The fourth-order valence-corrected chi connectivity index (χ4v) is 4.26. The van der Waals surface area contributed by atoms with E-state index >= 15 is 0 Å². The highest BCUT2D eigenvalue weighted by Gasteiger charge is 2.07. The largest absolute Gasteiger partial charge is 0.355 e. The van der Waals surface area contributed by atoms with Crippen molar-refractivity contribution in [3.05, 3.63) is 69.5 Å². The van der Waals surface area contributed by atoms with E-state index < -0.39 is 0 Å². The summed E-state index contributed by atoms with van der Waals surface area (Å²) in [4.78, 5) is 11.8. The molecule has 0 atom stereocenters. The van der Waals surface area contributed by atoms with Crippen LogP contribution >= 0.6 is 46.7 Å². The lowest BCUT2D eigenvalue weighted by Crippen LogP contribution is -2.27. The Morgan fingerprint density at radius 2 is 1.88 bits per heavy atom. The third-order valence-electron chi connectivity index (χ3n) is 3.27. The molecular weight excluding hydrogens is 400 g/mol. The molecule has 0 spiro atoms. The van der Waals surface area contributed by atoms with E-state index in [-0.39, 0.29) is 11.7 Å². The topological polar surface area (TPSA) is 29.1 Å². The first kappa shape index (κ1) is 20.4. The zero-order valence-electron chi connectivity index (χ0n) is 13.4. The van der Waals surface area contributed by atoms with Crippen LogP contribution in [0.3, 0.4) is 0 Å². The minimum atomic E-state index is -0.290. The first-order valence-corrected chi connectivity index (χ1v) is 10.7. The summed E-state index contributed by atoms with van der Waals surface area (Å²) >= 11 is 15.0. The first-order valence-electron chi connectivity index (χ1n) is 7.66. The lowest BCUT2D eigenvalue weighted by atomic mass is 10.2. The van der Waals surface area contributed by atoms with Gasteiger partial charge in [-0.2, -0.15) is 11.8 Å². The van der Waals surface area contributed by atoms with Crippen LogP contribution < -0.4 is 5.32 Å². The van der Waals surface area contributed by atoms with Crippen LogP contribution in [-0.4, -0.2) is 24.0 Å². The maximum atomic E-state index is 13.6. The molecule has 2 nitrogen and oxygen atoms in total. The average molecular weight is 418 g/mol. The Balaban J connectivity index is 1.58. The fourth-order valence-electron chi connectivity index (χ4n) is 2.05. The second kappa shape index (κ2) is 11.0.